The fourth-order valence-electron chi connectivity index (χ4n) is 1.04. The molecule has 0 unspecified atom stereocenters. The molecule has 72 valence electrons. The average Bonchev–Trinajstić information content (AvgIpc) is 2.14. The number of halogens is 1. The van der Waals surface area contributed by atoms with E-state index in [-0.39, 0.29) is 0 Å². The van der Waals surface area contributed by atoms with Crippen LogP contribution in [0, 0.1) is 0 Å². The molecule has 0 saturated carbocycles. The molecule has 0 saturated heterocycles. The fraction of sp³-hybridized carbons (Fsp3) is 0.333. The normalized spacial score (nSPS) is 10.8. The van der Waals surface area contributed by atoms with Crippen LogP contribution in [0.2, 0.25) is 0 Å². The van der Waals surface area contributed by atoms with Gasteiger partial charge >= 0.3 is 0 Å². The maximum atomic E-state index is 4.22. The molecule has 1 rings (SSSR count). The van der Waals surface area contributed by atoms with Gasteiger partial charge in [0.05, 0.1) is 0 Å². The smallest absolute Gasteiger partial charge is 0.0425 e. The van der Waals surface area contributed by atoms with Crippen molar-refractivity contribution in [1.82, 2.24) is 4.90 Å². The Morgan fingerprint density at radius 2 is 1.92 bits per heavy atom. The quantitative estimate of drug-likeness (QED) is 0.632. The molecule has 0 heterocycles. The number of benzene rings is 1. The van der Waals surface area contributed by atoms with Crippen LogP contribution in [0.25, 0.3) is 0 Å². The largest absolute Gasteiger partial charge is 0.281 e. The van der Waals surface area contributed by atoms with Crippen molar-refractivity contribution < 1.29 is 0 Å². The van der Waals surface area contributed by atoms with Gasteiger partial charge < -0.3 is 0 Å². The number of nitrogens with zero attached hydrogens (tertiary/aromatic N) is 1. The van der Waals surface area contributed by atoms with E-state index in [0.717, 1.165) is 22.8 Å². The minimum absolute atomic E-state index is 0.732. The van der Waals surface area contributed by atoms with Crippen molar-refractivity contribution >= 4 is 41.2 Å². The Morgan fingerprint density at radius 1 is 1.23 bits per heavy atom. The lowest BCUT2D eigenvalue weighted by Crippen LogP contribution is -2.19. The van der Waals surface area contributed by atoms with Gasteiger partial charge in [-0.05, 0) is 17.7 Å². The summed E-state index contributed by atoms with van der Waals surface area (Å²) >= 11 is 11.9. The molecule has 0 aliphatic heterocycles. The topological polar surface area (TPSA) is 3.24 Å². The minimum Gasteiger partial charge on any atom is -0.281 e. The van der Waals surface area contributed by atoms with E-state index in [1.165, 1.54) is 5.56 Å². The number of rotatable bonds is 4. The van der Waals surface area contributed by atoms with Crippen molar-refractivity contribution in [2.45, 2.75) is 6.54 Å². The third-order valence-electron chi connectivity index (χ3n) is 1.70. The Labute approximate surface area is 98.5 Å². The van der Waals surface area contributed by atoms with E-state index in [1.54, 1.807) is 0 Å². The molecule has 0 amide bonds. The molecule has 0 atom stereocenters. The molecule has 0 radical (unpaired) electrons. The van der Waals surface area contributed by atoms with Crippen LogP contribution in [0.3, 0.4) is 0 Å². The number of hydrogen-bond donors (Lipinski definition) is 2. The van der Waals surface area contributed by atoms with E-state index in [2.05, 4.69) is 58.2 Å². The molecule has 0 bridgehead atoms. The van der Waals surface area contributed by atoms with Crippen LogP contribution < -0.4 is 0 Å². The Hall–Kier alpha value is 0.360. The molecule has 0 spiro atoms. The summed E-state index contributed by atoms with van der Waals surface area (Å²) < 4.78 is 1.11. The first-order valence-electron chi connectivity index (χ1n) is 3.95. The molecule has 1 aromatic carbocycles. The van der Waals surface area contributed by atoms with Gasteiger partial charge in [-0.3, -0.25) is 4.90 Å². The zero-order valence-electron chi connectivity index (χ0n) is 7.15. The average molecular weight is 278 g/mol. The van der Waals surface area contributed by atoms with Crippen LogP contribution in [0.1, 0.15) is 5.56 Å². The summed E-state index contributed by atoms with van der Waals surface area (Å²) in [4.78, 5) is 2.13. The molecule has 0 aliphatic rings. The predicted octanol–water partition coefficient (Wildman–Crippen LogP) is 3.03. The van der Waals surface area contributed by atoms with Gasteiger partial charge in [-0.25, -0.2) is 0 Å². The van der Waals surface area contributed by atoms with Gasteiger partial charge in [-0.1, -0.05) is 28.1 Å². The predicted molar refractivity (Wildman–Crippen MR) is 67.4 cm³/mol. The summed E-state index contributed by atoms with van der Waals surface area (Å²) in [7, 11) is 0. The van der Waals surface area contributed by atoms with Crippen LogP contribution in [-0.4, -0.2) is 16.7 Å². The van der Waals surface area contributed by atoms with Crippen molar-refractivity contribution in [2.75, 3.05) is 11.8 Å². The van der Waals surface area contributed by atoms with Crippen molar-refractivity contribution in [2.24, 2.45) is 0 Å². The third-order valence-corrected chi connectivity index (χ3v) is 2.99. The molecular weight excluding hydrogens is 266 g/mol. The highest BCUT2D eigenvalue weighted by Gasteiger charge is 2.01. The zero-order chi connectivity index (χ0) is 9.68. The van der Waals surface area contributed by atoms with Crippen molar-refractivity contribution in [3.8, 4) is 0 Å². The van der Waals surface area contributed by atoms with E-state index in [0.29, 0.717) is 0 Å². The third kappa shape index (κ3) is 3.94. The molecule has 4 heteroatoms. The highest BCUT2D eigenvalue weighted by molar-refractivity contribution is 9.10. The van der Waals surface area contributed by atoms with Gasteiger partial charge in [0.15, 0.2) is 0 Å². The second kappa shape index (κ2) is 5.96. The fourth-order valence-corrected chi connectivity index (χ4v) is 2.04. The lowest BCUT2D eigenvalue weighted by atomic mass is 10.2. The van der Waals surface area contributed by atoms with Crippen LogP contribution in [0.5, 0.6) is 0 Å². The minimum atomic E-state index is 0.732. The molecule has 0 fully saturated rings. The summed E-state index contributed by atoms with van der Waals surface area (Å²) in [6.45, 7) is 0.895. The van der Waals surface area contributed by atoms with Gasteiger partial charge in [-0.2, -0.15) is 25.3 Å². The summed E-state index contributed by atoms with van der Waals surface area (Å²) in [5, 5.41) is 0. The highest BCUT2D eigenvalue weighted by atomic mass is 79.9. The van der Waals surface area contributed by atoms with Gasteiger partial charge in [0.1, 0.15) is 0 Å². The SMILES string of the molecule is SCN(CS)Cc1cccc(Br)c1. The Balaban J connectivity index is 2.62. The number of hydrogen-bond acceptors (Lipinski definition) is 3. The summed E-state index contributed by atoms with van der Waals surface area (Å²) in [5.74, 6) is 1.46. The maximum Gasteiger partial charge on any atom is 0.0425 e. The first-order chi connectivity index (χ1) is 6.26. The lowest BCUT2D eigenvalue weighted by molar-refractivity contribution is 0.373. The molecule has 1 aromatic rings. The summed E-state index contributed by atoms with van der Waals surface area (Å²) in [5.41, 5.74) is 1.28. The van der Waals surface area contributed by atoms with E-state index in [1.807, 2.05) is 12.1 Å². The standard InChI is InChI=1S/C9H12BrNS2/c10-9-3-1-2-8(4-9)5-11(6-12)7-13/h1-4,12-13H,5-7H2. The second-order valence-electron chi connectivity index (χ2n) is 2.74. The molecule has 1 nitrogen and oxygen atoms in total. The summed E-state index contributed by atoms with van der Waals surface area (Å²) in [6.07, 6.45) is 0. The lowest BCUT2D eigenvalue weighted by Gasteiger charge is -2.16. The first kappa shape index (κ1) is 11.4. The van der Waals surface area contributed by atoms with E-state index >= 15 is 0 Å². The van der Waals surface area contributed by atoms with Crippen molar-refractivity contribution in [1.29, 1.82) is 0 Å². The Kier molecular flexibility index (Phi) is 5.24. The van der Waals surface area contributed by atoms with E-state index in [4.69, 9.17) is 0 Å². The first-order valence-corrected chi connectivity index (χ1v) is 6.00. The van der Waals surface area contributed by atoms with Gasteiger partial charge in [0.2, 0.25) is 0 Å². The Bertz CT molecular complexity index is 264. The Morgan fingerprint density at radius 3 is 2.46 bits per heavy atom. The molecule has 0 aromatic heterocycles. The maximum absolute atomic E-state index is 4.22. The zero-order valence-corrected chi connectivity index (χ0v) is 10.5. The van der Waals surface area contributed by atoms with Gasteiger partial charge in [0.25, 0.3) is 0 Å². The van der Waals surface area contributed by atoms with E-state index < -0.39 is 0 Å². The highest BCUT2D eigenvalue weighted by Crippen LogP contribution is 2.13. The molecule has 0 N–H and O–H groups in total. The number of thiol groups is 2. The van der Waals surface area contributed by atoms with Gasteiger partial charge in [-0.15, -0.1) is 0 Å². The van der Waals surface area contributed by atoms with Crippen LogP contribution in [0.15, 0.2) is 28.7 Å². The molecule has 0 aliphatic carbocycles. The van der Waals surface area contributed by atoms with Gasteiger partial charge in [0, 0.05) is 22.8 Å². The van der Waals surface area contributed by atoms with E-state index in [9.17, 15) is 0 Å². The van der Waals surface area contributed by atoms with Crippen LogP contribution >= 0.6 is 41.2 Å². The summed E-state index contributed by atoms with van der Waals surface area (Å²) in [6, 6.07) is 8.27. The van der Waals surface area contributed by atoms with Crippen LogP contribution in [0.4, 0.5) is 0 Å². The molecular formula is C9H12BrNS2. The van der Waals surface area contributed by atoms with Crippen molar-refractivity contribution in [3.05, 3.63) is 34.3 Å². The van der Waals surface area contributed by atoms with Crippen molar-refractivity contribution in [3.63, 3.8) is 0 Å². The van der Waals surface area contributed by atoms with Crippen LogP contribution in [-0.2, 0) is 6.54 Å². The second-order valence-corrected chi connectivity index (χ2v) is 4.22. The monoisotopic (exact) mass is 277 g/mol. The molecule has 13 heavy (non-hydrogen) atoms.